The number of hydrogen-bond acceptors (Lipinski definition) is 2. The molecule has 0 radical (unpaired) electrons. The summed E-state index contributed by atoms with van der Waals surface area (Å²) in [5, 5.41) is 0.484. The molecule has 0 spiro atoms. The normalized spacial score (nSPS) is 26.3. The fourth-order valence-electron chi connectivity index (χ4n) is 2.88. The molecule has 0 fully saturated rings. The number of hydrogen-bond donors (Lipinski definition) is 0. The molecule has 4 heteroatoms. The van der Waals surface area contributed by atoms with Crippen molar-refractivity contribution >= 4 is 17.3 Å². The van der Waals surface area contributed by atoms with E-state index in [0.717, 1.165) is 5.69 Å². The molecule has 1 aromatic carbocycles. The number of ether oxygens (including phenoxy) is 1. The predicted octanol–water partition coefficient (Wildman–Crippen LogP) is 4.83. The Morgan fingerprint density at radius 1 is 1.36 bits per heavy atom. The van der Waals surface area contributed by atoms with Gasteiger partial charge in [-0.2, -0.15) is 0 Å². The quantitative estimate of drug-likeness (QED) is 0.787. The van der Waals surface area contributed by atoms with E-state index in [2.05, 4.69) is 6.58 Å². The maximum Gasteiger partial charge on any atom is 0.158 e. The molecule has 3 atom stereocenters. The standard InChI is InChI=1S/C18H21ClFNO/c1-5-14-16(15(19)6-2)18(22-4)21(12(3)17(14)20)13-10-8-7-9-11-13/h5-12,17-18H,1H2,2-4H3/b15-6+/t12?,17?,18-/m1/s1. The van der Waals surface area contributed by atoms with Crippen molar-refractivity contribution in [2.75, 3.05) is 12.0 Å². The van der Waals surface area contributed by atoms with Gasteiger partial charge < -0.3 is 9.64 Å². The molecule has 0 saturated carbocycles. The summed E-state index contributed by atoms with van der Waals surface area (Å²) in [6.45, 7) is 7.41. The molecular formula is C18H21ClFNO. The van der Waals surface area contributed by atoms with Gasteiger partial charge >= 0.3 is 0 Å². The Labute approximate surface area is 136 Å². The minimum atomic E-state index is -1.19. The van der Waals surface area contributed by atoms with Crippen molar-refractivity contribution in [1.29, 1.82) is 0 Å². The van der Waals surface area contributed by atoms with Gasteiger partial charge in [0.1, 0.15) is 6.17 Å². The fourth-order valence-corrected chi connectivity index (χ4v) is 3.08. The number of methoxy groups -OCH3 is 1. The van der Waals surface area contributed by atoms with Gasteiger partial charge in [-0.05, 0) is 31.6 Å². The maximum absolute atomic E-state index is 14.9. The summed E-state index contributed by atoms with van der Waals surface area (Å²) in [7, 11) is 1.60. The zero-order valence-electron chi connectivity index (χ0n) is 13.1. The molecule has 1 aliphatic heterocycles. The highest BCUT2D eigenvalue weighted by atomic mass is 35.5. The number of benzene rings is 1. The Morgan fingerprint density at radius 3 is 2.50 bits per heavy atom. The molecule has 1 heterocycles. The first-order valence-corrected chi connectivity index (χ1v) is 7.63. The molecule has 0 bridgehead atoms. The molecule has 1 aliphatic rings. The molecule has 0 amide bonds. The third kappa shape index (κ3) is 2.83. The van der Waals surface area contributed by atoms with Gasteiger partial charge in [-0.25, -0.2) is 4.39 Å². The van der Waals surface area contributed by atoms with Crippen LogP contribution in [0.15, 0.2) is 65.2 Å². The molecule has 2 unspecified atom stereocenters. The highest BCUT2D eigenvalue weighted by Gasteiger charge is 2.40. The van der Waals surface area contributed by atoms with Crippen molar-refractivity contribution in [2.45, 2.75) is 32.3 Å². The molecule has 22 heavy (non-hydrogen) atoms. The van der Waals surface area contributed by atoms with Gasteiger partial charge in [0.2, 0.25) is 0 Å². The molecule has 0 N–H and O–H groups in total. The van der Waals surface area contributed by atoms with E-state index in [0.29, 0.717) is 16.2 Å². The molecule has 0 aliphatic carbocycles. The number of anilines is 1. The van der Waals surface area contributed by atoms with Crippen LogP contribution in [-0.2, 0) is 4.74 Å². The van der Waals surface area contributed by atoms with Crippen LogP contribution in [0.4, 0.5) is 10.1 Å². The minimum Gasteiger partial charge on any atom is -0.357 e. The van der Waals surface area contributed by atoms with Crippen LogP contribution in [0.5, 0.6) is 0 Å². The molecule has 0 saturated heterocycles. The summed E-state index contributed by atoms with van der Waals surface area (Å²) < 4.78 is 20.6. The Hall–Kier alpha value is -1.58. The van der Waals surface area contributed by atoms with Crippen molar-refractivity contribution in [2.24, 2.45) is 0 Å². The first-order valence-electron chi connectivity index (χ1n) is 7.25. The predicted molar refractivity (Wildman–Crippen MR) is 90.9 cm³/mol. The minimum absolute atomic E-state index is 0.384. The number of halogens is 2. The number of rotatable bonds is 4. The van der Waals surface area contributed by atoms with Crippen LogP contribution in [0.1, 0.15) is 13.8 Å². The second-order valence-electron chi connectivity index (χ2n) is 5.18. The summed E-state index contributed by atoms with van der Waals surface area (Å²) in [6, 6.07) is 9.27. The smallest absolute Gasteiger partial charge is 0.158 e. The molecule has 0 aromatic heterocycles. The van der Waals surface area contributed by atoms with Gasteiger partial charge in [0.25, 0.3) is 0 Å². The van der Waals surface area contributed by atoms with E-state index in [4.69, 9.17) is 16.3 Å². The second kappa shape index (κ2) is 7.12. The van der Waals surface area contributed by atoms with Crippen LogP contribution < -0.4 is 4.90 Å². The third-order valence-electron chi connectivity index (χ3n) is 3.98. The average molecular weight is 322 g/mol. The number of para-hydroxylation sites is 1. The van der Waals surface area contributed by atoms with Gasteiger partial charge in [-0.3, -0.25) is 0 Å². The zero-order valence-corrected chi connectivity index (χ0v) is 13.8. The Bertz CT molecular complexity index is 596. The number of allylic oxidation sites excluding steroid dienone is 2. The maximum atomic E-state index is 14.9. The summed E-state index contributed by atoms with van der Waals surface area (Å²) in [5.74, 6) is 0. The van der Waals surface area contributed by atoms with Crippen LogP contribution in [0, 0.1) is 0 Å². The van der Waals surface area contributed by atoms with Crippen LogP contribution >= 0.6 is 11.6 Å². The first kappa shape index (κ1) is 16.8. The van der Waals surface area contributed by atoms with E-state index >= 15 is 0 Å². The molecule has 2 nitrogen and oxygen atoms in total. The first-order chi connectivity index (χ1) is 10.6. The zero-order chi connectivity index (χ0) is 16.3. The van der Waals surface area contributed by atoms with Crippen molar-refractivity contribution in [1.82, 2.24) is 0 Å². The van der Waals surface area contributed by atoms with Gasteiger partial charge in [0.15, 0.2) is 6.23 Å². The molecular weight excluding hydrogens is 301 g/mol. The topological polar surface area (TPSA) is 12.5 Å². The highest BCUT2D eigenvalue weighted by molar-refractivity contribution is 6.32. The van der Waals surface area contributed by atoms with Crippen molar-refractivity contribution < 1.29 is 9.13 Å². The Balaban J connectivity index is 2.63. The van der Waals surface area contributed by atoms with E-state index in [1.807, 2.05) is 49.1 Å². The molecule has 2 rings (SSSR count). The van der Waals surface area contributed by atoms with E-state index < -0.39 is 12.4 Å². The number of alkyl halides is 1. The van der Waals surface area contributed by atoms with Crippen molar-refractivity contribution in [3.63, 3.8) is 0 Å². The lowest BCUT2D eigenvalue weighted by Gasteiger charge is -2.44. The van der Waals surface area contributed by atoms with Crippen LogP contribution in [-0.4, -0.2) is 25.6 Å². The summed E-state index contributed by atoms with van der Waals surface area (Å²) in [4.78, 5) is 1.92. The lowest BCUT2D eigenvalue weighted by Crippen LogP contribution is -2.53. The van der Waals surface area contributed by atoms with E-state index in [1.165, 1.54) is 6.08 Å². The molecule has 1 aromatic rings. The van der Waals surface area contributed by atoms with E-state index in [9.17, 15) is 4.39 Å². The summed E-state index contributed by atoms with van der Waals surface area (Å²) >= 11 is 6.34. The van der Waals surface area contributed by atoms with Crippen LogP contribution in [0.3, 0.4) is 0 Å². The van der Waals surface area contributed by atoms with E-state index in [-0.39, 0.29) is 6.04 Å². The van der Waals surface area contributed by atoms with Crippen LogP contribution in [0.2, 0.25) is 0 Å². The highest BCUT2D eigenvalue weighted by Crippen LogP contribution is 2.39. The lowest BCUT2D eigenvalue weighted by molar-refractivity contribution is 0.104. The van der Waals surface area contributed by atoms with Gasteiger partial charge in [0.05, 0.1) is 6.04 Å². The average Bonchev–Trinajstić information content (AvgIpc) is 2.56. The largest absolute Gasteiger partial charge is 0.357 e. The van der Waals surface area contributed by atoms with Crippen LogP contribution in [0.25, 0.3) is 0 Å². The third-order valence-corrected chi connectivity index (χ3v) is 4.40. The van der Waals surface area contributed by atoms with Crippen molar-refractivity contribution in [3.8, 4) is 0 Å². The SMILES string of the molecule is C=CC1=C(/C(Cl)=C\C)[C@@H](OC)N(c2ccccc2)C(C)C1F. The summed E-state index contributed by atoms with van der Waals surface area (Å²) in [5.41, 5.74) is 2.02. The monoisotopic (exact) mass is 321 g/mol. The van der Waals surface area contributed by atoms with E-state index in [1.54, 1.807) is 13.2 Å². The number of nitrogens with zero attached hydrogens (tertiary/aromatic N) is 1. The van der Waals surface area contributed by atoms with Crippen molar-refractivity contribution in [3.05, 3.63) is 65.2 Å². The fraction of sp³-hybridized carbons (Fsp3) is 0.333. The van der Waals surface area contributed by atoms with Gasteiger partial charge in [-0.1, -0.05) is 48.5 Å². The second-order valence-corrected chi connectivity index (χ2v) is 5.59. The summed E-state index contributed by atoms with van der Waals surface area (Å²) in [6.07, 6.45) is 1.64. The van der Waals surface area contributed by atoms with Gasteiger partial charge in [-0.15, -0.1) is 0 Å². The Kier molecular flexibility index (Phi) is 5.43. The lowest BCUT2D eigenvalue weighted by atomic mass is 9.90. The Morgan fingerprint density at radius 2 is 2.00 bits per heavy atom. The van der Waals surface area contributed by atoms with Gasteiger partial charge in [0, 0.05) is 23.4 Å². The molecule has 118 valence electrons.